The second-order valence-corrected chi connectivity index (χ2v) is 8.21. The van der Waals surface area contributed by atoms with E-state index in [2.05, 4.69) is 15.3 Å². The normalized spacial score (nSPS) is 11.0. The molecule has 4 rings (SSSR count). The van der Waals surface area contributed by atoms with E-state index < -0.39 is 5.97 Å². The minimum absolute atomic E-state index is 0.195. The summed E-state index contributed by atoms with van der Waals surface area (Å²) >= 11 is 13.5. The van der Waals surface area contributed by atoms with Crippen LogP contribution in [0.3, 0.4) is 0 Å². The molecule has 146 valence electrons. The summed E-state index contributed by atoms with van der Waals surface area (Å²) in [5.41, 5.74) is 3.02. The van der Waals surface area contributed by atoms with Crippen LogP contribution in [0.25, 0.3) is 21.6 Å². The average molecular weight is 444 g/mol. The Labute approximate surface area is 181 Å². The van der Waals surface area contributed by atoms with E-state index in [9.17, 15) is 9.90 Å². The van der Waals surface area contributed by atoms with Gasteiger partial charge in [0.2, 0.25) is 0 Å². The molecule has 4 aromatic rings. The molecule has 5 nitrogen and oxygen atoms in total. The lowest BCUT2D eigenvalue weighted by atomic mass is 10.00. The number of benzene rings is 2. The van der Waals surface area contributed by atoms with Crippen molar-refractivity contribution < 1.29 is 9.90 Å². The molecule has 0 unspecified atom stereocenters. The molecule has 0 radical (unpaired) electrons. The summed E-state index contributed by atoms with van der Waals surface area (Å²) in [4.78, 5) is 21.6. The highest BCUT2D eigenvalue weighted by Crippen LogP contribution is 2.30. The monoisotopic (exact) mass is 443 g/mol. The van der Waals surface area contributed by atoms with Gasteiger partial charge in [0.15, 0.2) is 5.82 Å². The van der Waals surface area contributed by atoms with E-state index in [1.54, 1.807) is 37.4 Å². The number of hydrogen-bond acceptors (Lipinski definition) is 5. The third kappa shape index (κ3) is 4.05. The van der Waals surface area contributed by atoms with Crippen molar-refractivity contribution in [2.45, 2.75) is 13.5 Å². The third-order valence-electron chi connectivity index (χ3n) is 4.48. The maximum atomic E-state index is 11.9. The van der Waals surface area contributed by atoms with Crippen LogP contribution in [0.15, 0.2) is 48.0 Å². The number of aromatic carboxylic acids is 1. The second kappa shape index (κ2) is 7.99. The van der Waals surface area contributed by atoms with Crippen molar-refractivity contribution >= 4 is 56.4 Å². The van der Waals surface area contributed by atoms with Gasteiger partial charge in [-0.3, -0.25) is 0 Å². The summed E-state index contributed by atoms with van der Waals surface area (Å²) in [6.45, 7) is 2.27. The predicted octanol–water partition coefficient (Wildman–Crippen LogP) is 6.28. The SMILES string of the molecule is Cc1cc(NCc2ccc(Cl)c(Cl)c2)cc(-c2ncc3ccsc3n2)c1C(=O)O. The van der Waals surface area contributed by atoms with Gasteiger partial charge in [-0.2, -0.15) is 0 Å². The molecular formula is C21H15Cl2N3O2S. The Morgan fingerprint density at radius 1 is 1.17 bits per heavy atom. The van der Waals surface area contributed by atoms with E-state index in [0.717, 1.165) is 21.5 Å². The summed E-state index contributed by atoms with van der Waals surface area (Å²) in [6, 6.07) is 10.9. The molecule has 0 fully saturated rings. The van der Waals surface area contributed by atoms with Gasteiger partial charge in [-0.25, -0.2) is 14.8 Å². The lowest BCUT2D eigenvalue weighted by molar-refractivity contribution is 0.0697. The topological polar surface area (TPSA) is 75.1 Å². The van der Waals surface area contributed by atoms with Gasteiger partial charge in [0.1, 0.15) is 4.83 Å². The van der Waals surface area contributed by atoms with Gasteiger partial charge in [-0.05, 0) is 53.8 Å². The molecule has 8 heteroatoms. The zero-order valence-electron chi connectivity index (χ0n) is 15.2. The van der Waals surface area contributed by atoms with Crippen LogP contribution in [0.1, 0.15) is 21.5 Å². The molecule has 0 spiro atoms. The molecule has 0 amide bonds. The van der Waals surface area contributed by atoms with E-state index in [0.29, 0.717) is 33.5 Å². The molecule has 0 aliphatic carbocycles. The molecule has 0 saturated heterocycles. The minimum Gasteiger partial charge on any atom is -0.478 e. The van der Waals surface area contributed by atoms with E-state index in [-0.39, 0.29) is 5.56 Å². The highest BCUT2D eigenvalue weighted by atomic mass is 35.5. The fourth-order valence-electron chi connectivity index (χ4n) is 3.09. The number of fused-ring (bicyclic) bond motifs is 1. The smallest absolute Gasteiger partial charge is 0.336 e. The summed E-state index contributed by atoms with van der Waals surface area (Å²) < 4.78 is 0. The molecule has 2 N–H and O–H groups in total. The molecule has 0 aliphatic rings. The zero-order chi connectivity index (χ0) is 20.5. The largest absolute Gasteiger partial charge is 0.478 e. The number of nitrogens with zero attached hydrogens (tertiary/aromatic N) is 2. The highest BCUT2D eigenvalue weighted by molar-refractivity contribution is 7.16. The van der Waals surface area contributed by atoms with Crippen molar-refractivity contribution in [3.8, 4) is 11.4 Å². The molecule has 0 saturated carbocycles. The van der Waals surface area contributed by atoms with Crippen molar-refractivity contribution in [3.05, 3.63) is 74.7 Å². The minimum atomic E-state index is -1.01. The average Bonchev–Trinajstić information content (AvgIpc) is 3.16. The fraction of sp³-hybridized carbons (Fsp3) is 0.0952. The quantitative estimate of drug-likeness (QED) is 0.379. The Kier molecular flexibility index (Phi) is 5.41. The maximum Gasteiger partial charge on any atom is 0.336 e. The van der Waals surface area contributed by atoms with E-state index >= 15 is 0 Å². The Morgan fingerprint density at radius 2 is 2.00 bits per heavy atom. The lowest BCUT2D eigenvalue weighted by Crippen LogP contribution is -2.07. The van der Waals surface area contributed by atoms with Crippen LogP contribution in [0.2, 0.25) is 10.0 Å². The number of carbonyl (C=O) groups is 1. The molecule has 0 bridgehead atoms. The number of anilines is 1. The molecule has 2 heterocycles. The Balaban J connectivity index is 1.72. The number of rotatable bonds is 5. The van der Waals surface area contributed by atoms with Gasteiger partial charge < -0.3 is 10.4 Å². The second-order valence-electron chi connectivity index (χ2n) is 6.50. The zero-order valence-corrected chi connectivity index (χ0v) is 17.6. The van der Waals surface area contributed by atoms with Crippen molar-refractivity contribution in [3.63, 3.8) is 0 Å². The molecule has 2 aromatic heterocycles. The van der Waals surface area contributed by atoms with Crippen LogP contribution in [0.5, 0.6) is 0 Å². The Bertz CT molecular complexity index is 1240. The van der Waals surface area contributed by atoms with Crippen LogP contribution < -0.4 is 5.32 Å². The lowest BCUT2D eigenvalue weighted by Gasteiger charge is -2.13. The first-order valence-electron chi connectivity index (χ1n) is 8.69. The Morgan fingerprint density at radius 3 is 2.76 bits per heavy atom. The van der Waals surface area contributed by atoms with Gasteiger partial charge in [0.25, 0.3) is 0 Å². The van der Waals surface area contributed by atoms with Crippen LogP contribution >= 0.6 is 34.5 Å². The summed E-state index contributed by atoms with van der Waals surface area (Å²) in [5, 5.41) is 16.9. The third-order valence-corrected chi connectivity index (χ3v) is 6.04. The van der Waals surface area contributed by atoms with Gasteiger partial charge in [-0.15, -0.1) is 11.3 Å². The summed E-state index contributed by atoms with van der Waals surface area (Å²) in [7, 11) is 0. The van der Waals surface area contributed by atoms with E-state index in [4.69, 9.17) is 23.2 Å². The number of nitrogens with one attached hydrogen (secondary N) is 1. The number of hydrogen-bond donors (Lipinski definition) is 2. The van der Waals surface area contributed by atoms with Crippen LogP contribution in [-0.2, 0) is 6.54 Å². The van der Waals surface area contributed by atoms with Gasteiger partial charge in [-0.1, -0.05) is 29.3 Å². The molecule has 2 aromatic carbocycles. The molecule has 0 aliphatic heterocycles. The maximum absolute atomic E-state index is 11.9. The fourth-order valence-corrected chi connectivity index (χ4v) is 4.15. The first kappa shape index (κ1) is 19.6. The van der Waals surface area contributed by atoms with Gasteiger partial charge >= 0.3 is 5.97 Å². The predicted molar refractivity (Wildman–Crippen MR) is 118 cm³/mol. The van der Waals surface area contributed by atoms with Crippen molar-refractivity contribution in [2.75, 3.05) is 5.32 Å². The van der Waals surface area contributed by atoms with Gasteiger partial charge in [0, 0.05) is 29.4 Å². The van der Waals surface area contributed by atoms with Crippen molar-refractivity contribution in [2.24, 2.45) is 0 Å². The first-order valence-corrected chi connectivity index (χ1v) is 10.3. The van der Waals surface area contributed by atoms with Gasteiger partial charge in [0.05, 0.1) is 15.6 Å². The van der Waals surface area contributed by atoms with E-state index in [1.165, 1.54) is 11.3 Å². The van der Waals surface area contributed by atoms with Crippen molar-refractivity contribution in [1.29, 1.82) is 0 Å². The highest BCUT2D eigenvalue weighted by Gasteiger charge is 2.19. The van der Waals surface area contributed by atoms with Crippen LogP contribution in [-0.4, -0.2) is 21.0 Å². The number of thiophene rings is 1. The summed E-state index contributed by atoms with van der Waals surface area (Å²) in [5.74, 6) is -0.623. The van der Waals surface area contributed by atoms with E-state index in [1.807, 2.05) is 17.5 Å². The van der Waals surface area contributed by atoms with Crippen LogP contribution in [0, 0.1) is 6.92 Å². The first-order chi connectivity index (χ1) is 13.9. The number of aryl methyl sites for hydroxylation is 1. The Hall–Kier alpha value is -2.67. The summed E-state index contributed by atoms with van der Waals surface area (Å²) in [6.07, 6.45) is 1.71. The number of carboxylic acids is 1. The number of halogens is 2. The number of carboxylic acid groups (broad SMARTS) is 1. The number of aromatic nitrogens is 2. The molecule has 0 atom stereocenters. The standard InChI is InChI=1S/C21H15Cl2N3O2S/c1-11-6-14(24-9-12-2-3-16(22)17(23)7-12)8-15(18(11)21(27)28)19-25-10-13-4-5-29-20(13)26-19/h2-8,10,24H,9H2,1H3,(H,27,28). The molecular weight excluding hydrogens is 429 g/mol. The van der Waals surface area contributed by atoms with Crippen LogP contribution in [0.4, 0.5) is 5.69 Å². The van der Waals surface area contributed by atoms with Crippen molar-refractivity contribution in [1.82, 2.24) is 9.97 Å². The molecule has 29 heavy (non-hydrogen) atoms.